The fraction of sp³-hybridized carbons (Fsp3) is 0.548. The Balaban J connectivity index is 1.87. The van der Waals surface area contributed by atoms with Gasteiger partial charge in [0.25, 0.3) is 11.8 Å². The van der Waals surface area contributed by atoms with Crippen molar-refractivity contribution in [2.75, 3.05) is 19.6 Å². The smallest absolute Gasteiger partial charge is 0.254 e. The molecule has 0 saturated heterocycles. The maximum atomic E-state index is 14.8. The lowest BCUT2D eigenvalue weighted by molar-refractivity contribution is 0.0368. The van der Waals surface area contributed by atoms with Gasteiger partial charge >= 0.3 is 0 Å². The maximum Gasteiger partial charge on any atom is 0.254 e. The molecule has 2 aromatic rings. The number of carbonyl (C=O) groups is 2. The SMILES string of the molecule is CCCN(CCC)C(=O)c1cc(F)cc(C(=O)N(C[C@@H](O)[C@@H](N)Cc2cc(F)cc(F)c2)C2CCCC(C)C2)c1. The molecular weight excluding hydrogens is 519 g/mol. The quantitative estimate of drug-likeness (QED) is 0.367. The highest BCUT2D eigenvalue weighted by Crippen LogP contribution is 2.29. The molecule has 220 valence electrons. The van der Waals surface area contributed by atoms with Gasteiger partial charge < -0.3 is 20.6 Å². The first-order valence-electron chi connectivity index (χ1n) is 14.3. The predicted molar refractivity (Wildman–Crippen MR) is 149 cm³/mol. The lowest BCUT2D eigenvalue weighted by atomic mass is 9.85. The molecule has 0 radical (unpaired) electrons. The van der Waals surface area contributed by atoms with Crippen LogP contribution in [0.1, 0.15) is 85.6 Å². The molecule has 3 rings (SSSR count). The molecule has 0 spiro atoms. The molecule has 2 unspecified atom stereocenters. The minimum absolute atomic E-state index is 0.00224. The number of rotatable bonds is 12. The Kier molecular flexibility index (Phi) is 11.6. The molecule has 0 aliphatic heterocycles. The summed E-state index contributed by atoms with van der Waals surface area (Å²) in [6, 6.07) is 5.66. The molecule has 1 aliphatic rings. The fourth-order valence-corrected chi connectivity index (χ4v) is 5.60. The van der Waals surface area contributed by atoms with Gasteiger partial charge in [0.2, 0.25) is 0 Å². The number of nitrogens with two attached hydrogens (primary N) is 1. The number of aliphatic hydroxyl groups is 1. The molecule has 3 N–H and O–H groups in total. The van der Waals surface area contributed by atoms with E-state index in [0.717, 1.165) is 62.4 Å². The molecule has 2 aromatic carbocycles. The van der Waals surface area contributed by atoms with Gasteiger partial charge in [-0.1, -0.05) is 33.6 Å². The number of amides is 2. The average Bonchev–Trinajstić information content (AvgIpc) is 2.89. The van der Waals surface area contributed by atoms with Crippen LogP contribution in [-0.4, -0.2) is 64.5 Å². The normalized spacial score (nSPS) is 18.7. The Morgan fingerprint density at radius 3 is 2.08 bits per heavy atom. The van der Waals surface area contributed by atoms with Gasteiger partial charge in [-0.3, -0.25) is 9.59 Å². The minimum Gasteiger partial charge on any atom is -0.390 e. The zero-order valence-corrected chi connectivity index (χ0v) is 23.7. The molecule has 40 heavy (non-hydrogen) atoms. The summed E-state index contributed by atoms with van der Waals surface area (Å²) in [6.07, 6.45) is 3.65. The summed E-state index contributed by atoms with van der Waals surface area (Å²) >= 11 is 0. The van der Waals surface area contributed by atoms with E-state index < -0.39 is 35.5 Å². The van der Waals surface area contributed by atoms with Crippen LogP contribution in [0.25, 0.3) is 0 Å². The van der Waals surface area contributed by atoms with Crippen molar-refractivity contribution in [2.24, 2.45) is 11.7 Å². The maximum absolute atomic E-state index is 14.8. The molecular formula is C31H42F3N3O3. The number of carbonyl (C=O) groups excluding carboxylic acids is 2. The van der Waals surface area contributed by atoms with E-state index in [4.69, 9.17) is 5.73 Å². The molecule has 0 heterocycles. The summed E-state index contributed by atoms with van der Waals surface area (Å²) in [4.78, 5) is 30.3. The van der Waals surface area contributed by atoms with Gasteiger partial charge in [0.05, 0.1) is 6.10 Å². The van der Waals surface area contributed by atoms with Crippen molar-refractivity contribution in [3.05, 3.63) is 70.5 Å². The molecule has 1 aliphatic carbocycles. The number of hydrogen-bond acceptors (Lipinski definition) is 4. The van der Waals surface area contributed by atoms with E-state index in [1.165, 1.54) is 11.0 Å². The van der Waals surface area contributed by atoms with Gasteiger partial charge in [-0.25, -0.2) is 13.2 Å². The average molecular weight is 562 g/mol. The van der Waals surface area contributed by atoms with Gasteiger partial charge in [-0.05, 0) is 73.9 Å². The minimum atomic E-state index is -1.20. The molecule has 4 atom stereocenters. The first kappa shape index (κ1) is 31.6. The van der Waals surface area contributed by atoms with Gasteiger partial charge in [0, 0.05) is 48.9 Å². The third kappa shape index (κ3) is 8.54. The van der Waals surface area contributed by atoms with Crippen LogP contribution in [0.15, 0.2) is 36.4 Å². The molecule has 9 heteroatoms. The highest BCUT2D eigenvalue weighted by molar-refractivity contribution is 6.00. The van der Waals surface area contributed by atoms with E-state index in [-0.39, 0.29) is 36.0 Å². The highest BCUT2D eigenvalue weighted by atomic mass is 19.1. The van der Waals surface area contributed by atoms with Crippen LogP contribution in [0.4, 0.5) is 13.2 Å². The summed E-state index contributed by atoms with van der Waals surface area (Å²) in [6.45, 7) is 6.94. The van der Waals surface area contributed by atoms with E-state index >= 15 is 0 Å². The van der Waals surface area contributed by atoms with Gasteiger partial charge in [-0.15, -0.1) is 0 Å². The molecule has 0 bridgehead atoms. The third-order valence-corrected chi connectivity index (χ3v) is 7.55. The van der Waals surface area contributed by atoms with Crippen LogP contribution in [-0.2, 0) is 6.42 Å². The largest absolute Gasteiger partial charge is 0.390 e. The third-order valence-electron chi connectivity index (χ3n) is 7.55. The van der Waals surface area contributed by atoms with E-state index in [1.54, 1.807) is 4.90 Å². The Bertz CT molecular complexity index is 1140. The summed E-state index contributed by atoms with van der Waals surface area (Å²) in [5.41, 5.74) is 6.66. The number of hydrogen-bond donors (Lipinski definition) is 2. The topological polar surface area (TPSA) is 86.9 Å². The second kappa shape index (κ2) is 14.6. The van der Waals surface area contributed by atoms with E-state index in [2.05, 4.69) is 6.92 Å². The lowest BCUT2D eigenvalue weighted by Gasteiger charge is -2.38. The van der Waals surface area contributed by atoms with Gasteiger partial charge in [-0.2, -0.15) is 0 Å². The Hall–Kier alpha value is -2.91. The van der Waals surface area contributed by atoms with Crippen molar-refractivity contribution in [3.8, 4) is 0 Å². The Labute approximate surface area is 235 Å². The number of nitrogens with zero attached hydrogens (tertiary/aromatic N) is 2. The standard InChI is InChI=1S/C31H42F3N3O3/c1-4-9-36(10-5-2)30(39)22-15-23(17-26(34)16-22)31(40)37(27-8-6-7-20(3)11-27)19-29(38)28(35)14-21-12-24(32)18-25(33)13-21/h12-13,15-18,20,27-29,38H,4-11,14,19,35H2,1-3H3/t20?,27?,28-,29+/m0/s1. The van der Waals surface area contributed by atoms with Crippen LogP contribution < -0.4 is 5.73 Å². The number of aliphatic hydroxyl groups excluding tert-OH is 1. The zero-order chi connectivity index (χ0) is 29.4. The van der Waals surface area contributed by atoms with E-state index in [1.807, 2.05) is 13.8 Å². The van der Waals surface area contributed by atoms with Crippen LogP contribution in [0.5, 0.6) is 0 Å². The molecule has 1 saturated carbocycles. The lowest BCUT2D eigenvalue weighted by Crippen LogP contribution is -2.51. The van der Waals surface area contributed by atoms with Crippen molar-refractivity contribution in [3.63, 3.8) is 0 Å². The first-order valence-corrected chi connectivity index (χ1v) is 14.3. The number of benzene rings is 2. The van der Waals surface area contributed by atoms with Crippen molar-refractivity contribution in [1.82, 2.24) is 9.80 Å². The van der Waals surface area contributed by atoms with Crippen molar-refractivity contribution in [2.45, 2.75) is 83.9 Å². The Morgan fingerprint density at radius 1 is 0.925 bits per heavy atom. The summed E-state index contributed by atoms with van der Waals surface area (Å²) in [7, 11) is 0. The molecule has 0 aromatic heterocycles. The summed E-state index contributed by atoms with van der Waals surface area (Å²) in [5.74, 6) is -2.64. The fourth-order valence-electron chi connectivity index (χ4n) is 5.60. The van der Waals surface area contributed by atoms with Crippen molar-refractivity contribution >= 4 is 11.8 Å². The van der Waals surface area contributed by atoms with Gasteiger partial charge in [0.1, 0.15) is 17.5 Å². The predicted octanol–water partition coefficient (Wildman–Crippen LogP) is 5.32. The molecule has 6 nitrogen and oxygen atoms in total. The zero-order valence-electron chi connectivity index (χ0n) is 23.7. The van der Waals surface area contributed by atoms with Crippen LogP contribution in [0, 0.1) is 23.4 Å². The number of halogens is 3. The van der Waals surface area contributed by atoms with E-state index in [9.17, 15) is 27.9 Å². The van der Waals surface area contributed by atoms with Crippen LogP contribution >= 0.6 is 0 Å². The van der Waals surface area contributed by atoms with E-state index in [0.29, 0.717) is 31.0 Å². The second-order valence-electron chi connectivity index (χ2n) is 11.1. The highest BCUT2D eigenvalue weighted by Gasteiger charge is 2.32. The monoisotopic (exact) mass is 561 g/mol. The summed E-state index contributed by atoms with van der Waals surface area (Å²) < 4.78 is 42.1. The Morgan fingerprint density at radius 2 is 1.50 bits per heavy atom. The molecule has 2 amide bonds. The van der Waals surface area contributed by atoms with Crippen molar-refractivity contribution in [1.29, 1.82) is 0 Å². The first-order chi connectivity index (χ1) is 19.0. The van der Waals surface area contributed by atoms with Gasteiger partial charge in [0.15, 0.2) is 0 Å². The summed E-state index contributed by atoms with van der Waals surface area (Å²) in [5, 5.41) is 11.0. The van der Waals surface area contributed by atoms with Crippen LogP contribution in [0.2, 0.25) is 0 Å². The van der Waals surface area contributed by atoms with Crippen LogP contribution in [0.3, 0.4) is 0 Å². The molecule has 1 fully saturated rings. The van der Waals surface area contributed by atoms with Crippen molar-refractivity contribution < 1.29 is 27.9 Å². The second-order valence-corrected chi connectivity index (χ2v) is 11.1.